The smallest absolute Gasteiger partial charge is 0.323 e. The molecule has 148 valence electrons. The molecule has 0 aliphatic heterocycles. The normalized spacial score (nSPS) is 10.9. The number of rotatable bonds is 6. The number of nitrogens with zero attached hydrogens (tertiary/aromatic N) is 4. The van der Waals surface area contributed by atoms with Gasteiger partial charge in [0.15, 0.2) is 0 Å². The molecule has 3 rings (SSSR count). The predicted octanol–water partition coefficient (Wildman–Crippen LogP) is 1.48. The Balaban J connectivity index is 2.27. The minimum atomic E-state index is -0.967. The van der Waals surface area contributed by atoms with E-state index in [0.717, 1.165) is 11.1 Å². The number of fused-ring (bicyclic) bond motifs is 1. The van der Waals surface area contributed by atoms with Gasteiger partial charge in [-0.1, -0.05) is 0 Å². The quantitative estimate of drug-likeness (QED) is 0.685. The van der Waals surface area contributed by atoms with E-state index in [9.17, 15) is 9.59 Å². The molecule has 1 aromatic carbocycles. The molecule has 0 atom stereocenters. The lowest BCUT2D eigenvalue weighted by Gasteiger charge is -2.23. The zero-order valence-electron chi connectivity index (χ0n) is 16.4. The van der Waals surface area contributed by atoms with Crippen molar-refractivity contribution in [1.82, 2.24) is 14.3 Å². The molecule has 0 aliphatic rings. The number of carboxylic acid groups (broad SMARTS) is 1. The first-order chi connectivity index (χ1) is 13.3. The van der Waals surface area contributed by atoms with E-state index in [1.165, 1.54) is 18.8 Å². The third-order valence-corrected chi connectivity index (χ3v) is 4.62. The number of hydrogen-bond acceptors (Lipinski definition) is 6. The average Bonchev–Trinajstić information content (AvgIpc) is 3.04. The summed E-state index contributed by atoms with van der Waals surface area (Å²) in [5.74, 6) is -0.0428. The second kappa shape index (κ2) is 7.26. The second-order valence-corrected chi connectivity index (χ2v) is 6.47. The first kappa shape index (κ1) is 19.3. The minimum absolute atomic E-state index is 0.143. The van der Waals surface area contributed by atoms with Gasteiger partial charge in [-0.25, -0.2) is 0 Å². The number of anilines is 1. The molecule has 1 N–H and O–H groups in total. The van der Waals surface area contributed by atoms with Crippen LogP contribution in [-0.2, 0) is 18.9 Å². The fraction of sp³-hybridized carbons (Fsp3) is 0.316. The Kier molecular flexibility index (Phi) is 5.00. The van der Waals surface area contributed by atoms with E-state index < -0.39 is 5.97 Å². The number of carboxylic acids is 1. The average molecular weight is 386 g/mol. The van der Waals surface area contributed by atoms with E-state index in [0.29, 0.717) is 28.1 Å². The lowest BCUT2D eigenvalue weighted by Crippen LogP contribution is -2.26. The van der Waals surface area contributed by atoms with Crippen LogP contribution in [-0.4, -0.2) is 53.2 Å². The van der Waals surface area contributed by atoms with Crippen molar-refractivity contribution in [3.63, 3.8) is 0 Å². The number of aryl methyl sites for hydroxylation is 2. The van der Waals surface area contributed by atoms with Gasteiger partial charge in [-0.3, -0.25) is 14.3 Å². The lowest BCUT2D eigenvalue weighted by molar-refractivity contribution is -0.135. The van der Waals surface area contributed by atoms with Gasteiger partial charge < -0.3 is 24.0 Å². The van der Waals surface area contributed by atoms with Gasteiger partial charge in [-0.2, -0.15) is 5.10 Å². The number of likely N-dealkylation sites (N-methyl/N-ethyl adjacent to an activating group) is 1. The summed E-state index contributed by atoms with van der Waals surface area (Å²) < 4.78 is 14.1. The summed E-state index contributed by atoms with van der Waals surface area (Å²) in [7, 11) is 8.08. The molecule has 0 unspecified atom stereocenters. The number of hydrogen-bond donors (Lipinski definition) is 1. The maximum atomic E-state index is 12.5. The monoisotopic (exact) mass is 386 g/mol. The molecule has 2 heterocycles. The fourth-order valence-corrected chi connectivity index (χ4v) is 3.31. The molecule has 2 aromatic heterocycles. The van der Waals surface area contributed by atoms with Gasteiger partial charge in [0.2, 0.25) is 0 Å². The molecule has 0 amide bonds. The Morgan fingerprint density at radius 1 is 1.21 bits per heavy atom. The van der Waals surface area contributed by atoms with Crippen LogP contribution in [0.4, 0.5) is 5.69 Å². The van der Waals surface area contributed by atoms with Gasteiger partial charge in [0.1, 0.15) is 29.2 Å². The highest BCUT2D eigenvalue weighted by molar-refractivity contribution is 5.95. The number of methoxy groups -OCH3 is 2. The van der Waals surface area contributed by atoms with Gasteiger partial charge in [0.05, 0.1) is 20.4 Å². The van der Waals surface area contributed by atoms with Gasteiger partial charge in [0.25, 0.3) is 5.56 Å². The molecule has 3 aromatic rings. The Morgan fingerprint density at radius 2 is 1.82 bits per heavy atom. The number of ether oxygens (including phenoxy) is 2. The van der Waals surface area contributed by atoms with Crippen molar-refractivity contribution in [3.8, 4) is 22.6 Å². The third kappa shape index (κ3) is 3.15. The molecular weight excluding hydrogens is 364 g/mol. The van der Waals surface area contributed by atoms with E-state index in [1.807, 2.05) is 0 Å². The van der Waals surface area contributed by atoms with Gasteiger partial charge in [0, 0.05) is 38.3 Å². The zero-order chi connectivity index (χ0) is 20.6. The SMILES string of the molecule is COc1cc(-c2cn(C)c(=O)c3c2cnn3C)cc(OC)c1N(C)CC(=O)O. The van der Waals surface area contributed by atoms with E-state index >= 15 is 0 Å². The van der Waals surface area contributed by atoms with Crippen molar-refractivity contribution in [1.29, 1.82) is 0 Å². The number of carbonyl (C=O) groups is 1. The molecule has 0 radical (unpaired) electrons. The summed E-state index contributed by atoms with van der Waals surface area (Å²) in [6.45, 7) is -0.210. The van der Waals surface area contributed by atoms with Crippen LogP contribution in [0.25, 0.3) is 22.0 Å². The summed E-state index contributed by atoms with van der Waals surface area (Å²) in [5, 5.41) is 14.0. The highest BCUT2D eigenvalue weighted by Crippen LogP contribution is 2.42. The number of aliphatic carboxylic acids is 1. The van der Waals surface area contributed by atoms with Gasteiger partial charge >= 0.3 is 5.97 Å². The summed E-state index contributed by atoms with van der Waals surface area (Å²) in [6.07, 6.45) is 3.39. The molecule has 9 heteroatoms. The minimum Gasteiger partial charge on any atom is -0.494 e. The Labute approximate surface area is 161 Å². The first-order valence-corrected chi connectivity index (χ1v) is 8.49. The molecule has 9 nitrogen and oxygen atoms in total. The standard InChI is InChI=1S/C19H22N4O5/c1-21(10-16(24)25)18-14(27-4)6-11(7-15(18)28-5)13-9-22(2)19(26)17-12(13)8-20-23(17)3/h6-9H,10H2,1-5H3,(H,24,25). The first-order valence-electron chi connectivity index (χ1n) is 8.49. The maximum absolute atomic E-state index is 12.5. The Morgan fingerprint density at radius 3 is 2.36 bits per heavy atom. The summed E-state index contributed by atoms with van der Waals surface area (Å²) >= 11 is 0. The maximum Gasteiger partial charge on any atom is 0.323 e. The van der Waals surface area contributed by atoms with Gasteiger partial charge in [-0.15, -0.1) is 0 Å². The van der Waals surface area contributed by atoms with E-state index in [4.69, 9.17) is 14.6 Å². The molecule has 0 aliphatic carbocycles. The molecular formula is C19H22N4O5. The molecule has 0 spiro atoms. The molecule has 0 bridgehead atoms. The van der Waals surface area contributed by atoms with Crippen LogP contribution < -0.4 is 19.9 Å². The summed E-state index contributed by atoms with van der Waals surface area (Å²) in [5.41, 5.74) is 2.42. The summed E-state index contributed by atoms with van der Waals surface area (Å²) in [6, 6.07) is 3.59. The topological polar surface area (TPSA) is 98.8 Å². The van der Waals surface area contributed by atoms with Crippen molar-refractivity contribution < 1.29 is 19.4 Å². The molecule has 0 saturated heterocycles. The van der Waals surface area contributed by atoms with E-state index in [1.54, 1.807) is 55.3 Å². The third-order valence-electron chi connectivity index (χ3n) is 4.62. The van der Waals surface area contributed by atoms with Crippen molar-refractivity contribution in [2.45, 2.75) is 0 Å². The van der Waals surface area contributed by atoms with Crippen molar-refractivity contribution >= 4 is 22.6 Å². The highest BCUT2D eigenvalue weighted by Gasteiger charge is 2.21. The Hall–Kier alpha value is -3.49. The van der Waals surface area contributed by atoms with Crippen LogP contribution >= 0.6 is 0 Å². The number of aromatic nitrogens is 3. The van der Waals surface area contributed by atoms with Crippen LogP contribution in [0.3, 0.4) is 0 Å². The lowest BCUT2D eigenvalue weighted by atomic mass is 10.0. The van der Waals surface area contributed by atoms with Crippen molar-refractivity contribution in [2.24, 2.45) is 14.1 Å². The van der Waals surface area contributed by atoms with Crippen LogP contribution in [0.1, 0.15) is 0 Å². The van der Waals surface area contributed by atoms with E-state index in [-0.39, 0.29) is 12.1 Å². The largest absolute Gasteiger partial charge is 0.494 e. The van der Waals surface area contributed by atoms with Crippen LogP contribution in [0.15, 0.2) is 29.3 Å². The fourth-order valence-electron chi connectivity index (χ4n) is 3.31. The molecule has 0 saturated carbocycles. The zero-order valence-corrected chi connectivity index (χ0v) is 16.4. The second-order valence-electron chi connectivity index (χ2n) is 6.47. The highest BCUT2D eigenvalue weighted by atomic mass is 16.5. The van der Waals surface area contributed by atoms with Crippen LogP contribution in [0.2, 0.25) is 0 Å². The number of benzene rings is 1. The summed E-state index contributed by atoms with van der Waals surface area (Å²) in [4.78, 5) is 25.1. The van der Waals surface area contributed by atoms with Crippen molar-refractivity contribution in [3.05, 3.63) is 34.9 Å². The predicted molar refractivity (Wildman–Crippen MR) is 105 cm³/mol. The molecule has 28 heavy (non-hydrogen) atoms. The van der Waals surface area contributed by atoms with E-state index in [2.05, 4.69) is 5.10 Å². The number of pyridine rings is 1. The van der Waals surface area contributed by atoms with Gasteiger partial charge in [-0.05, 0) is 17.7 Å². The molecule has 0 fully saturated rings. The van der Waals surface area contributed by atoms with Crippen molar-refractivity contribution in [2.75, 3.05) is 32.7 Å². The Bertz CT molecular complexity index is 1090. The van der Waals surface area contributed by atoms with Crippen LogP contribution in [0, 0.1) is 0 Å². The van der Waals surface area contributed by atoms with Crippen LogP contribution in [0.5, 0.6) is 11.5 Å².